The molecular weight excluding hydrogens is 222 g/mol. The molecule has 5 heteroatoms. The molecule has 1 saturated carbocycles. The fraction of sp³-hybridized carbons (Fsp3) is 1.00. The van der Waals surface area contributed by atoms with E-state index in [2.05, 4.69) is 0 Å². The van der Waals surface area contributed by atoms with Crippen LogP contribution in [0.1, 0.15) is 25.7 Å². The second-order valence-electron chi connectivity index (χ2n) is 4.29. The van der Waals surface area contributed by atoms with E-state index >= 15 is 0 Å². The molecule has 0 radical (unpaired) electrons. The Balaban J connectivity index is 1.96. The zero-order chi connectivity index (χ0) is 10.2. The van der Waals surface area contributed by atoms with E-state index in [9.17, 15) is 8.42 Å². The van der Waals surface area contributed by atoms with Gasteiger partial charge in [-0.1, -0.05) is 12.8 Å². The van der Waals surface area contributed by atoms with Gasteiger partial charge in [0.25, 0.3) is 0 Å². The lowest BCUT2D eigenvalue weighted by molar-refractivity contribution is 0.218. The number of alkyl halides is 1. The van der Waals surface area contributed by atoms with E-state index in [0.29, 0.717) is 24.9 Å². The van der Waals surface area contributed by atoms with Crippen molar-refractivity contribution in [1.82, 2.24) is 4.31 Å². The van der Waals surface area contributed by atoms with Crippen molar-refractivity contribution in [2.24, 2.45) is 5.92 Å². The first kappa shape index (κ1) is 10.7. The zero-order valence-electron chi connectivity index (χ0n) is 8.15. The molecule has 1 aliphatic heterocycles. The van der Waals surface area contributed by atoms with Crippen molar-refractivity contribution < 1.29 is 8.42 Å². The first-order valence-corrected chi connectivity index (χ1v) is 7.23. The molecule has 0 N–H and O–H groups in total. The molecule has 2 fully saturated rings. The molecule has 0 bridgehead atoms. The zero-order valence-corrected chi connectivity index (χ0v) is 9.73. The summed E-state index contributed by atoms with van der Waals surface area (Å²) >= 11 is 5.66. The standard InChI is InChI=1S/C9H16ClNO2S/c10-5-8-6-11(7-8)14(12,13)9-3-1-2-4-9/h8-9H,1-7H2. The van der Waals surface area contributed by atoms with Crippen LogP contribution in [0.4, 0.5) is 0 Å². The third kappa shape index (κ3) is 1.79. The summed E-state index contributed by atoms with van der Waals surface area (Å²) in [6, 6.07) is 0. The Morgan fingerprint density at radius 3 is 2.29 bits per heavy atom. The number of sulfonamides is 1. The average Bonchev–Trinajstić information content (AvgIpc) is 2.53. The van der Waals surface area contributed by atoms with Crippen LogP contribution in [0.3, 0.4) is 0 Å². The van der Waals surface area contributed by atoms with Crippen LogP contribution in [-0.4, -0.2) is 36.9 Å². The number of rotatable bonds is 3. The van der Waals surface area contributed by atoms with Gasteiger partial charge in [-0.25, -0.2) is 12.7 Å². The highest BCUT2D eigenvalue weighted by Gasteiger charge is 2.40. The molecule has 0 atom stereocenters. The van der Waals surface area contributed by atoms with Gasteiger partial charge in [-0.2, -0.15) is 0 Å². The normalized spacial score (nSPS) is 26.6. The summed E-state index contributed by atoms with van der Waals surface area (Å²) in [5, 5.41) is -0.0984. The number of halogens is 1. The molecule has 14 heavy (non-hydrogen) atoms. The molecule has 1 aliphatic carbocycles. The second-order valence-corrected chi connectivity index (χ2v) is 6.81. The third-order valence-electron chi connectivity index (χ3n) is 3.23. The highest BCUT2D eigenvalue weighted by atomic mass is 35.5. The van der Waals surface area contributed by atoms with Crippen LogP contribution >= 0.6 is 11.6 Å². The molecule has 3 nitrogen and oxygen atoms in total. The summed E-state index contributed by atoms with van der Waals surface area (Å²) in [5.74, 6) is 0.962. The van der Waals surface area contributed by atoms with E-state index in [0.717, 1.165) is 25.7 Å². The van der Waals surface area contributed by atoms with Gasteiger partial charge >= 0.3 is 0 Å². The van der Waals surface area contributed by atoms with Gasteiger partial charge in [-0.3, -0.25) is 0 Å². The van der Waals surface area contributed by atoms with Gasteiger partial charge in [0.05, 0.1) is 5.25 Å². The Labute approximate surface area is 90.5 Å². The van der Waals surface area contributed by atoms with Crippen LogP contribution in [0.25, 0.3) is 0 Å². The summed E-state index contributed by atoms with van der Waals surface area (Å²) < 4.78 is 25.5. The van der Waals surface area contributed by atoms with E-state index < -0.39 is 10.0 Å². The lowest BCUT2D eigenvalue weighted by Gasteiger charge is -2.38. The molecule has 2 aliphatic rings. The van der Waals surface area contributed by atoms with Crippen LogP contribution in [0.15, 0.2) is 0 Å². The van der Waals surface area contributed by atoms with Crippen molar-refractivity contribution in [2.75, 3.05) is 19.0 Å². The Kier molecular flexibility index (Phi) is 3.05. The van der Waals surface area contributed by atoms with Crippen molar-refractivity contribution in [3.8, 4) is 0 Å². The first-order chi connectivity index (χ1) is 6.64. The predicted molar refractivity (Wildman–Crippen MR) is 57.0 cm³/mol. The van der Waals surface area contributed by atoms with E-state index in [4.69, 9.17) is 11.6 Å². The van der Waals surface area contributed by atoms with E-state index in [1.54, 1.807) is 4.31 Å². The molecule has 1 saturated heterocycles. The Bertz CT molecular complexity index is 292. The maximum absolute atomic E-state index is 12.0. The lowest BCUT2D eigenvalue weighted by atomic mass is 10.1. The number of nitrogens with zero attached hydrogens (tertiary/aromatic N) is 1. The lowest BCUT2D eigenvalue weighted by Crippen LogP contribution is -2.53. The van der Waals surface area contributed by atoms with Crippen LogP contribution in [0, 0.1) is 5.92 Å². The van der Waals surface area contributed by atoms with Crippen molar-refractivity contribution in [1.29, 1.82) is 0 Å². The van der Waals surface area contributed by atoms with Gasteiger partial charge in [-0.15, -0.1) is 11.6 Å². The second kappa shape index (κ2) is 3.99. The molecule has 0 spiro atoms. The van der Waals surface area contributed by atoms with Crippen LogP contribution in [0.2, 0.25) is 0 Å². The van der Waals surface area contributed by atoms with Gasteiger partial charge in [0.2, 0.25) is 10.0 Å². The van der Waals surface area contributed by atoms with Crippen LogP contribution in [-0.2, 0) is 10.0 Å². The number of hydrogen-bond donors (Lipinski definition) is 0. The quantitative estimate of drug-likeness (QED) is 0.697. The van der Waals surface area contributed by atoms with Crippen molar-refractivity contribution in [3.63, 3.8) is 0 Å². The Morgan fingerprint density at radius 1 is 1.21 bits per heavy atom. The molecule has 0 aromatic rings. The highest BCUT2D eigenvalue weighted by molar-refractivity contribution is 7.89. The molecule has 2 rings (SSSR count). The van der Waals surface area contributed by atoms with E-state index in [1.807, 2.05) is 0 Å². The van der Waals surface area contributed by atoms with Crippen LogP contribution < -0.4 is 0 Å². The average molecular weight is 238 g/mol. The molecule has 82 valence electrons. The minimum absolute atomic E-state index is 0.0984. The van der Waals surface area contributed by atoms with Gasteiger partial charge in [0, 0.05) is 24.9 Å². The molecule has 0 unspecified atom stereocenters. The van der Waals surface area contributed by atoms with E-state index in [1.165, 1.54) is 0 Å². The summed E-state index contributed by atoms with van der Waals surface area (Å²) in [5.41, 5.74) is 0. The summed E-state index contributed by atoms with van der Waals surface area (Å²) in [4.78, 5) is 0. The predicted octanol–water partition coefficient (Wildman–Crippen LogP) is 1.43. The topological polar surface area (TPSA) is 37.4 Å². The van der Waals surface area contributed by atoms with Gasteiger partial charge in [-0.05, 0) is 12.8 Å². The third-order valence-corrected chi connectivity index (χ3v) is 5.99. The van der Waals surface area contributed by atoms with Crippen molar-refractivity contribution in [3.05, 3.63) is 0 Å². The summed E-state index contributed by atoms with van der Waals surface area (Å²) in [7, 11) is -2.97. The monoisotopic (exact) mass is 237 g/mol. The largest absolute Gasteiger partial charge is 0.217 e. The molecule has 0 amide bonds. The smallest absolute Gasteiger partial charge is 0.212 e. The van der Waals surface area contributed by atoms with Gasteiger partial charge in [0.15, 0.2) is 0 Å². The SMILES string of the molecule is O=S(=O)(C1CCCC1)N1CC(CCl)C1. The highest BCUT2D eigenvalue weighted by Crippen LogP contribution is 2.31. The van der Waals surface area contributed by atoms with Crippen molar-refractivity contribution >= 4 is 21.6 Å². The van der Waals surface area contributed by atoms with Gasteiger partial charge < -0.3 is 0 Å². The molecule has 1 heterocycles. The van der Waals surface area contributed by atoms with Crippen LogP contribution in [0.5, 0.6) is 0 Å². The summed E-state index contributed by atoms with van der Waals surface area (Å²) in [6.07, 6.45) is 3.84. The minimum Gasteiger partial charge on any atom is -0.212 e. The molecular formula is C9H16ClNO2S. The fourth-order valence-electron chi connectivity index (χ4n) is 2.22. The van der Waals surface area contributed by atoms with Crippen molar-refractivity contribution in [2.45, 2.75) is 30.9 Å². The molecule has 0 aromatic heterocycles. The Hall–Kier alpha value is 0.200. The van der Waals surface area contributed by atoms with E-state index in [-0.39, 0.29) is 5.25 Å². The maximum atomic E-state index is 12.0. The Morgan fingerprint density at radius 2 is 1.79 bits per heavy atom. The summed E-state index contributed by atoms with van der Waals surface area (Å²) in [6.45, 7) is 1.28. The maximum Gasteiger partial charge on any atom is 0.217 e. The fourth-order valence-corrected chi connectivity index (χ4v) is 4.61. The number of hydrogen-bond acceptors (Lipinski definition) is 2. The minimum atomic E-state index is -2.97. The molecule has 0 aromatic carbocycles. The first-order valence-electron chi connectivity index (χ1n) is 5.19. The van der Waals surface area contributed by atoms with Gasteiger partial charge in [0.1, 0.15) is 0 Å².